The number of alkyl halides is 2. The minimum atomic E-state index is -4.05. The second kappa shape index (κ2) is 12.0. The Kier molecular flexibility index (Phi) is 9.11. The third-order valence-corrected chi connectivity index (χ3v) is 9.67. The van der Waals surface area contributed by atoms with E-state index in [1.54, 1.807) is 43.3 Å². The first-order chi connectivity index (χ1) is 18.8. The Hall–Kier alpha value is -2.70. The molecule has 40 heavy (non-hydrogen) atoms. The smallest absolute Gasteiger partial charge is 0.380 e. The van der Waals surface area contributed by atoms with Crippen molar-refractivity contribution in [2.24, 2.45) is 5.92 Å². The van der Waals surface area contributed by atoms with E-state index in [-0.39, 0.29) is 41.4 Å². The molecular weight excluding hydrogens is 610 g/mol. The first kappa shape index (κ1) is 30.3. The van der Waals surface area contributed by atoms with Crippen LogP contribution < -0.4 is 10.3 Å². The Morgan fingerprint density at radius 3 is 2.73 bits per heavy atom. The summed E-state index contributed by atoms with van der Waals surface area (Å²) in [6, 6.07) is 9.93. The van der Waals surface area contributed by atoms with E-state index in [0.717, 1.165) is 0 Å². The largest absolute Gasteiger partial charge is 0.424 e. The molecule has 14 heteroatoms. The van der Waals surface area contributed by atoms with Gasteiger partial charge in [0.2, 0.25) is 4.58 Å². The predicted molar refractivity (Wildman–Crippen MR) is 148 cm³/mol. The number of aliphatic hydroxyl groups is 1. The molecule has 216 valence electrons. The highest BCUT2D eigenvalue weighted by Crippen LogP contribution is 2.53. The number of rotatable bonds is 12. The van der Waals surface area contributed by atoms with Gasteiger partial charge in [-0.3, -0.25) is 9.32 Å². The molecule has 3 aromatic rings. The van der Waals surface area contributed by atoms with E-state index in [4.69, 9.17) is 19.5 Å². The zero-order chi connectivity index (χ0) is 29.2. The Balaban J connectivity index is 1.57. The van der Waals surface area contributed by atoms with Crippen molar-refractivity contribution in [1.29, 1.82) is 0 Å². The van der Waals surface area contributed by atoms with Gasteiger partial charge in [0.15, 0.2) is 5.82 Å². The van der Waals surface area contributed by atoms with Crippen LogP contribution in [-0.4, -0.2) is 60.8 Å². The lowest BCUT2D eigenvalue weighted by Crippen LogP contribution is -2.37. The van der Waals surface area contributed by atoms with Crippen LogP contribution in [0, 0.1) is 5.92 Å². The van der Waals surface area contributed by atoms with Crippen molar-refractivity contribution in [3.63, 3.8) is 0 Å². The maximum absolute atomic E-state index is 15.8. The van der Waals surface area contributed by atoms with Gasteiger partial charge in [0, 0.05) is 12.3 Å². The van der Waals surface area contributed by atoms with Gasteiger partial charge in [0.25, 0.3) is 0 Å². The topological polar surface area (TPSA) is 155 Å². The summed E-state index contributed by atoms with van der Waals surface area (Å²) in [4.78, 5) is 27.4. The summed E-state index contributed by atoms with van der Waals surface area (Å²) in [5.74, 6) is -0.494. The molecule has 3 N–H and O–H groups in total. The lowest BCUT2D eigenvalue weighted by atomic mass is 10.1. The standard InChI is InChI=1S/C26H31BrFN4O7P/c1-15(17(3)34)13-40(36,39-21-7-5-4-6-18(21)9-8-16(2)33)37-12-22-23(35)26(27,28)24(38-22)19-10-11-20-25(29)30-14-31-32(19)20/h4-7,10-11,14-15,22-24,35H,8-9,12-13H2,1-3H3,(H2,29,30,31)/t15-,22-,23+,24+,26?,40?/m1/s1. The predicted octanol–water partition coefficient (Wildman–Crippen LogP) is 4.21. The Bertz CT molecular complexity index is 1450. The fourth-order valence-electron chi connectivity index (χ4n) is 4.34. The van der Waals surface area contributed by atoms with Crippen molar-refractivity contribution in [2.45, 2.75) is 56.5 Å². The number of benzene rings is 1. The van der Waals surface area contributed by atoms with E-state index in [2.05, 4.69) is 26.0 Å². The number of nitrogen functional groups attached to an aromatic ring is 1. The van der Waals surface area contributed by atoms with Crippen LogP contribution in [-0.2, 0) is 29.8 Å². The van der Waals surface area contributed by atoms with Gasteiger partial charge in [-0.25, -0.2) is 18.5 Å². The van der Waals surface area contributed by atoms with E-state index in [1.165, 1.54) is 24.7 Å². The van der Waals surface area contributed by atoms with E-state index in [9.17, 15) is 19.3 Å². The number of hydrogen-bond donors (Lipinski definition) is 2. The molecule has 3 heterocycles. The van der Waals surface area contributed by atoms with Gasteiger partial charge in [-0.2, -0.15) is 5.10 Å². The number of aliphatic hydroxyl groups excluding tert-OH is 1. The zero-order valence-corrected chi connectivity index (χ0v) is 24.7. The molecule has 1 aliphatic rings. The van der Waals surface area contributed by atoms with Gasteiger partial charge < -0.3 is 24.9 Å². The van der Waals surface area contributed by atoms with Gasteiger partial charge >= 0.3 is 7.60 Å². The van der Waals surface area contributed by atoms with E-state index in [0.29, 0.717) is 17.5 Å². The number of nitrogens with two attached hydrogens (primary N) is 1. The van der Waals surface area contributed by atoms with Gasteiger partial charge in [0.1, 0.15) is 47.5 Å². The van der Waals surface area contributed by atoms with Crippen LogP contribution >= 0.6 is 23.5 Å². The first-order valence-electron chi connectivity index (χ1n) is 12.6. The highest BCUT2D eigenvalue weighted by atomic mass is 79.9. The summed E-state index contributed by atoms with van der Waals surface area (Å²) < 4.78 is 46.2. The second-order valence-corrected chi connectivity index (χ2v) is 13.1. The quantitative estimate of drug-likeness (QED) is 0.217. The van der Waals surface area contributed by atoms with Crippen molar-refractivity contribution < 1.29 is 37.4 Å². The van der Waals surface area contributed by atoms with Crippen molar-refractivity contribution in [3.8, 4) is 5.75 Å². The molecule has 2 unspecified atom stereocenters. The number of halogens is 2. The summed E-state index contributed by atoms with van der Waals surface area (Å²) in [7, 11) is -4.05. The Morgan fingerprint density at radius 1 is 1.30 bits per heavy atom. The lowest BCUT2D eigenvalue weighted by molar-refractivity contribution is -0.120. The van der Waals surface area contributed by atoms with E-state index >= 15 is 4.39 Å². The van der Waals surface area contributed by atoms with Crippen LogP contribution in [0.5, 0.6) is 5.75 Å². The molecule has 0 spiro atoms. The summed E-state index contributed by atoms with van der Waals surface area (Å²) in [6.07, 6.45) is -2.77. The molecular formula is C26H31BrFN4O7P. The number of aryl methyl sites for hydroxylation is 1. The fourth-order valence-corrected chi connectivity index (χ4v) is 6.99. The zero-order valence-electron chi connectivity index (χ0n) is 22.2. The molecule has 11 nitrogen and oxygen atoms in total. The number of Topliss-reactive ketones (excluding diaryl/α,β-unsaturated/α-hetero) is 2. The average molecular weight is 641 g/mol. The normalized spacial score (nSPS) is 25.0. The van der Waals surface area contributed by atoms with Crippen LogP contribution in [0.3, 0.4) is 0 Å². The highest BCUT2D eigenvalue weighted by molar-refractivity contribution is 9.10. The van der Waals surface area contributed by atoms with Crippen LogP contribution in [0.2, 0.25) is 0 Å². The SMILES string of the molecule is CC(=O)CCc1ccccc1OP(=O)(C[C@@H](C)C(C)=O)OC[C@H]1O[C@@H](c2ccc3c(N)ncnn23)C(F)(Br)[C@H]1O. The van der Waals surface area contributed by atoms with Crippen LogP contribution in [0.15, 0.2) is 42.7 Å². The Morgan fingerprint density at radius 2 is 2.02 bits per heavy atom. The molecule has 2 aromatic heterocycles. The summed E-state index contributed by atoms with van der Waals surface area (Å²) in [5, 5.41) is 14.9. The monoisotopic (exact) mass is 640 g/mol. The number of fused-ring (bicyclic) bond motifs is 1. The molecule has 0 saturated carbocycles. The fraction of sp³-hybridized carbons (Fsp3) is 0.462. The molecule has 1 saturated heterocycles. The van der Waals surface area contributed by atoms with Crippen molar-refractivity contribution in [2.75, 3.05) is 18.5 Å². The van der Waals surface area contributed by atoms with Crippen molar-refractivity contribution in [1.82, 2.24) is 14.6 Å². The van der Waals surface area contributed by atoms with Crippen LogP contribution in [0.1, 0.15) is 44.6 Å². The maximum atomic E-state index is 15.8. The first-order valence-corrected chi connectivity index (χ1v) is 15.1. The van der Waals surface area contributed by atoms with Gasteiger partial charge in [-0.05, 0) is 60.0 Å². The average Bonchev–Trinajstić information content (AvgIpc) is 3.41. The Labute approximate surface area is 238 Å². The molecule has 6 atom stereocenters. The molecule has 1 fully saturated rings. The highest BCUT2D eigenvalue weighted by Gasteiger charge is 2.57. The minimum absolute atomic E-state index is 0.0178. The molecule has 0 radical (unpaired) electrons. The van der Waals surface area contributed by atoms with Crippen LogP contribution in [0.4, 0.5) is 10.2 Å². The number of ketones is 2. The molecule has 0 aliphatic carbocycles. The minimum Gasteiger partial charge on any atom is -0.424 e. The van der Waals surface area contributed by atoms with E-state index in [1.807, 2.05) is 0 Å². The number of nitrogens with zero attached hydrogens (tertiary/aromatic N) is 3. The number of hydrogen-bond acceptors (Lipinski definition) is 10. The van der Waals surface area contributed by atoms with E-state index < -0.39 is 43.0 Å². The van der Waals surface area contributed by atoms with Crippen LogP contribution in [0.25, 0.3) is 5.52 Å². The summed E-state index contributed by atoms with van der Waals surface area (Å²) in [6.45, 7) is 3.92. The molecule has 0 bridgehead atoms. The van der Waals surface area contributed by atoms with Crippen molar-refractivity contribution >= 4 is 46.4 Å². The molecule has 4 rings (SSSR count). The maximum Gasteiger partial charge on any atom is 0.380 e. The lowest BCUT2D eigenvalue weighted by Gasteiger charge is -2.25. The molecule has 0 amide bonds. The number of carbonyl (C=O) groups is 2. The molecule has 1 aromatic carbocycles. The van der Waals surface area contributed by atoms with Gasteiger partial charge in [0.05, 0.1) is 18.5 Å². The summed E-state index contributed by atoms with van der Waals surface area (Å²) >= 11 is 2.95. The van der Waals surface area contributed by atoms with Gasteiger partial charge in [-0.1, -0.05) is 25.1 Å². The third kappa shape index (κ3) is 6.44. The third-order valence-electron chi connectivity index (χ3n) is 6.77. The van der Waals surface area contributed by atoms with Gasteiger partial charge in [-0.15, -0.1) is 0 Å². The number of para-hydroxylation sites is 1. The number of anilines is 1. The number of ether oxygens (including phenoxy) is 1. The second-order valence-electron chi connectivity index (χ2n) is 9.88. The number of aromatic nitrogens is 3. The van der Waals surface area contributed by atoms with Crippen molar-refractivity contribution in [3.05, 3.63) is 54.0 Å². The number of carbonyl (C=O) groups excluding carboxylic acids is 2. The molecule has 1 aliphatic heterocycles. The summed E-state index contributed by atoms with van der Waals surface area (Å²) in [5.41, 5.74) is 7.21.